The van der Waals surface area contributed by atoms with Crippen LogP contribution in [0, 0.1) is 0 Å². The van der Waals surface area contributed by atoms with E-state index in [2.05, 4.69) is 64.4 Å². The summed E-state index contributed by atoms with van der Waals surface area (Å²) in [7, 11) is 2.08. The second-order valence-corrected chi connectivity index (χ2v) is 6.61. The van der Waals surface area contributed by atoms with Crippen LogP contribution in [0.5, 0.6) is 0 Å². The van der Waals surface area contributed by atoms with E-state index in [1.165, 1.54) is 11.3 Å². The molecule has 1 fully saturated rings. The summed E-state index contributed by atoms with van der Waals surface area (Å²) in [4.78, 5) is 14.6. The molecule has 24 heavy (non-hydrogen) atoms. The molecule has 1 aliphatic heterocycles. The van der Waals surface area contributed by atoms with Gasteiger partial charge in [0.15, 0.2) is 0 Å². The highest BCUT2D eigenvalue weighted by atomic mass is 16.2. The predicted molar refractivity (Wildman–Crippen MR) is 96.7 cm³/mol. The van der Waals surface area contributed by atoms with Gasteiger partial charge in [0.1, 0.15) is 0 Å². The Balaban J connectivity index is 1.42. The van der Waals surface area contributed by atoms with E-state index in [4.69, 9.17) is 0 Å². The molecule has 1 aromatic heterocycles. The van der Waals surface area contributed by atoms with Gasteiger partial charge in [-0.2, -0.15) is 0 Å². The number of carbonyl (C=O) groups is 1. The second kappa shape index (κ2) is 8.15. The van der Waals surface area contributed by atoms with Crippen LogP contribution in [0.3, 0.4) is 0 Å². The third-order valence-corrected chi connectivity index (χ3v) is 4.84. The molecule has 0 radical (unpaired) electrons. The van der Waals surface area contributed by atoms with Crippen molar-refractivity contribution in [3.8, 4) is 0 Å². The van der Waals surface area contributed by atoms with Crippen molar-refractivity contribution in [1.82, 2.24) is 14.8 Å². The van der Waals surface area contributed by atoms with Crippen molar-refractivity contribution in [2.24, 2.45) is 7.05 Å². The minimum Gasteiger partial charge on any atom is -0.355 e. The molecule has 128 valence electrons. The van der Waals surface area contributed by atoms with Crippen molar-refractivity contribution in [3.05, 3.63) is 59.9 Å². The fourth-order valence-electron chi connectivity index (χ4n) is 3.58. The van der Waals surface area contributed by atoms with Gasteiger partial charge in [0.05, 0.1) is 12.6 Å². The van der Waals surface area contributed by atoms with E-state index >= 15 is 0 Å². The van der Waals surface area contributed by atoms with Crippen LogP contribution in [0.2, 0.25) is 0 Å². The smallest absolute Gasteiger partial charge is 0.234 e. The van der Waals surface area contributed by atoms with Crippen LogP contribution in [-0.2, 0) is 18.3 Å². The minimum absolute atomic E-state index is 0.143. The Morgan fingerprint density at radius 1 is 1.21 bits per heavy atom. The van der Waals surface area contributed by atoms with Crippen LogP contribution in [0.1, 0.15) is 36.6 Å². The van der Waals surface area contributed by atoms with E-state index in [1.54, 1.807) is 0 Å². The predicted octanol–water partition coefficient (Wildman–Crippen LogP) is 2.91. The molecule has 0 aliphatic carbocycles. The summed E-state index contributed by atoms with van der Waals surface area (Å²) in [6.45, 7) is 2.25. The quantitative estimate of drug-likeness (QED) is 0.795. The fraction of sp³-hybridized carbons (Fsp3) is 0.450. The van der Waals surface area contributed by atoms with E-state index in [1.807, 2.05) is 6.07 Å². The van der Waals surface area contributed by atoms with Gasteiger partial charge in [0.25, 0.3) is 0 Å². The molecule has 0 bridgehead atoms. The van der Waals surface area contributed by atoms with Crippen molar-refractivity contribution in [2.45, 2.75) is 31.7 Å². The topological polar surface area (TPSA) is 37.3 Å². The van der Waals surface area contributed by atoms with Gasteiger partial charge in [0, 0.05) is 25.5 Å². The van der Waals surface area contributed by atoms with Crippen LogP contribution in [0.4, 0.5) is 0 Å². The Labute approximate surface area is 144 Å². The molecule has 4 heteroatoms. The largest absolute Gasteiger partial charge is 0.355 e. The van der Waals surface area contributed by atoms with E-state index in [9.17, 15) is 4.79 Å². The van der Waals surface area contributed by atoms with E-state index in [-0.39, 0.29) is 5.91 Å². The lowest BCUT2D eigenvalue weighted by Crippen LogP contribution is -2.37. The van der Waals surface area contributed by atoms with E-state index in [0.717, 1.165) is 38.8 Å². The first kappa shape index (κ1) is 16.8. The summed E-state index contributed by atoms with van der Waals surface area (Å²) in [6, 6.07) is 15.0. The van der Waals surface area contributed by atoms with Crippen molar-refractivity contribution >= 4 is 5.91 Å². The number of nitrogens with one attached hydrogen (secondary N) is 1. The van der Waals surface area contributed by atoms with Crippen LogP contribution < -0.4 is 5.32 Å². The van der Waals surface area contributed by atoms with E-state index in [0.29, 0.717) is 12.6 Å². The molecular formula is C20H27N3O. The number of aromatic nitrogens is 1. The zero-order valence-corrected chi connectivity index (χ0v) is 14.4. The Bertz CT molecular complexity index is 650. The van der Waals surface area contributed by atoms with Gasteiger partial charge in [-0.15, -0.1) is 0 Å². The second-order valence-electron chi connectivity index (χ2n) is 6.61. The van der Waals surface area contributed by atoms with Crippen molar-refractivity contribution in [3.63, 3.8) is 0 Å². The van der Waals surface area contributed by atoms with Gasteiger partial charge >= 0.3 is 0 Å². The number of rotatable bonds is 7. The highest BCUT2D eigenvalue weighted by molar-refractivity contribution is 5.78. The summed E-state index contributed by atoms with van der Waals surface area (Å²) in [5.74, 6) is 0.143. The maximum absolute atomic E-state index is 12.3. The first-order valence-corrected chi connectivity index (χ1v) is 8.90. The SMILES string of the molecule is Cn1cccc1[C@H]1CCCN1CC(=O)NCCCc1ccccc1. The highest BCUT2D eigenvalue weighted by Crippen LogP contribution is 2.31. The van der Waals surface area contributed by atoms with Gasteiger partial charge in [-0.3, -0.25) is 9.69 Å². The molecule has 1 atom stereocenters. The summed E-state index contributed by atoms with van der Waals surface area (Å²) < 4.78 is 2.17. The van der Waals surface area contributed by atoms with Gasteiger partial charge in [-0.1, -0.05) is 30.3 Å². The molecule has 3 rings (SSSR count). The fourth-order valence-corrected chi connectivity index (χ4v) is 3.58. The number of hydrogen-bond acceptors (Lipinski definition) is 2. The first-order chi connectivity index (χ1) is 11.7. The van der Waals surface area contributed by atoms with Crippen molar-refractivity contribution < 1.29 is 4.79 Å². The van der Waals surface area contributed by atoms with Gasteiger partial charge < -0.3 is 9.88 Å². The highest BCUT2D eigenvalue weighted by Gasteiger charge is 2.28. The average Bonchev–Trinajstić information content (AvgIpc) is 3.21. The molecule has 2 heterocycles. The molecule has 1 saturated heterocycles. The van der Waals surface area contributed by atoms with Crippen LogP contribution in [0.15, 0.2) is 48.7 Å². The number of carbonyl (C=O) groups excluding carboxylic acids is 1. The molecule has 0 spiro atoms. The van der Waals surface area contributed by atoms with Crippen LogP contribution in [0.25, 0.3) is 0 Å². The molecule has 1 aromatic carbocycles. The molecule has 0 unspecified atom stereocenters. The maximum atomic E-state index is 12.3. The maximum Gasteiger partial charge on any atom is 0.234 e. The third kappa shape index (κ3) is 4.26. The van der Waals surface area contributed by atoms with Crippen molar-refractivity contribution in [2.75, 3.05) is 19.6 Å². The first-order valence-electron chi connectivity index (χ1n) is 8.90. The zero-order chi connectivity index (χ0) is 16.8. The Morgan fingerprint density at radius 2 is 2.04 bits per heavy atom. The number of hydrogen-bond donors (Lipinski definition) is 1. The number of benzene rings is 1. The molecule has 4 nitrogen and oxygen atoms in total. The standard InChI is InChI=1S/C20H27N3O/c1-22-14-6-11-18(22)19-12-7-15-23(19)16-20(24)21-13-5-10-17-8-3-2-4-9-17/h2-4,6,8-9,11,14,19H,5,7,10,12-13,15-16H2,1H3,(H,21,24)/t19-/m1/s1. The van der Waals surface area contributed by atoms with Crippen LogP contribution >= 0.6 is 0 Å². The molecule has 1 aliphatic rings. The van der Waals surface area contributed by atoms with E-state index < -0.39 is 0 Å². The van der Waals surface area contributed by atoms with Gasteiger partial charge in [-0.05, 0) is 49.9 Å². The number of amides is 1. The summed E-state index contributed by atoms with van der Waals surface area (Å²) in [6.07, 6.45) is 6.37. The third-order valence-electron chi connectivity index (χ3n) is 4.84. The summed E-state index contributed by atoms with van der Waals surface area (Å²) in [5, 5.41) is 3.07. The summed E-state index contributed by atoms with van der Waals surface area (Å²) in [5.41, 5.74) is 2.64. The Kier molecular flexibility index (Phi) is 5.70. The van der Waals surface area contributed by atoms with Gasteiger partial charge in [-0.25, -0.2) is 0 Å². The Hall–Kier alpha value is -2.07. The van der Waals surface area contributed by atoms with Crippen molar-refractivity contribution in [1.29, 1.82) is 0 Å². The zero-order valence-electron chi connectivity index (χ0n) is 14.4. The number of nitrogens with zero attached hydrogens (tertiary/aromatic N) is 2. The molecular weight excluding hydrogens is 298 g/mol. The lowest BCUT2D eigenvalue weighted by Gasteiger charge is -2.24. The number of aryl methyl sites for hydroxylation is 2. The summed E-state index contributed by atoms with van der Waals surface area (Å²) >= 11 is 0. The van der Waals surface area contributed by atoms with Crippen LogP contribution in [-0.4, -0.2) is 35.0 Å². The lowest BCUT2D eigenvalue weighted by atomic mass is 10.1. The molecule has 2 aromatic rings. The molecule has 1 N–H and O–H groups in total. The average molecular weight is 325 g/mol. The minimum atomic E-state index is 0.143. The monoisotopic (exact) mass is 325 g/mol. The molecule has 1 amide bonds. The number of likely N-dealkylation sites (tertiary alicyclic amines) is 1. The lowest BCUT2D eigenvalue weighted by molar-refractivity contribution is -0.122. The van der Waals surface area contributed by atoms with Gasteiger partial charge in [0.2, 0.25) is 5.91 Å². The molecule has 0 saturated carbocycles. The Morgan fingerprint density at radius 3 is 2.79 bits per heavy atom. The normalized spacial score (nSPS) is 18.0.